The van der Waals surface area contributed by atoms with E-state index in [9.17, 15) is 14.3 Å². The highest BCUT2D eigenvalue weighted by Gasteiger charge is 2.11. The molecule has 1 aromatic heterocycles. The van der Waals surface area contributed by atoms with Gasteiger partial charge in [-0.3, -0.25) is 4.98 Å². The van der Waals surface area contributed by atoms with Gasteiger partial charge in [0.2, 0.25) is 0 Å². The molecule has 5 heteroatoms. The first-order chi connectivity index (χ1) is 9.37. The highest BCUT2D eigenvalue weighted by molar-refractivity contribution is 5.86. The Morgan fingerprint density at radius 1 is 1.45 bits per heavy atom. The van der Waals surface area contributed by atoms with E-state index in [0.717, 1.165) is 12.6 Å². The Morgan fingerprint density at radius 2 is 2.20 bits per heavy atom. The van der Waals surface area contributed by atoms with Crippen LogP contribution in [0.15, 0.2) is 24.5 Å². The van der Waals surface area contributed by atoms with Crippen molar-refractivity contribution >= 4 is 12.0 Å². The molecule has 0 aliphatic heterocycles. The fourth-order valence-electron chi connectivity index (χ4n) is 1.56. The highest BCUT2D eigenvalue weighted by Crippen LogP contribution is 2.11. The van der Waals surface area contributed by atoms with Gasteiger partial charge in [-0.1, -0.05) is 0 Å². The third kappa shape index (κ3) is 7.63. The van der Waals surface area contributed by atoms with Gasteiger partial charge in [0.1, 0.15) is 5.82 Å². The summed E-state index contributed by atoms with van der Waals surface area (Å²) in [7, 11) is 0. The number of pyridine rings is 1. The predicted octanol–water partition coefficient (Wildman–Crippen LogP) is 2.72. The molecule has 0 aliphatic rings. The van der Waals surface area contributed by atoms with E-state index in [1.165, 1.54) is 24.4 Å². The number of hydrogen-bond donors (Lipinski definition) is 1. The van der Waals surface area contributed by atoms with E-state index in [1.54, 1.807) is 13.8 Å². The Morgan fingerprint density at radius 3 is 2.85 bits per heavy atom. The van der Waals surface area contributed by atoms with Gasteiger partial charge in [-0.05, 0) is 50.8 Å². The molecule has 0 unspecified atom stereocenters. The summed E-state index contributed by atoms with van der Waals surface area (Å²) >= 11 is 0. The van der Waals surface area contributed by atoms with Crippen molar-refractivity contribution in [2.45, 2.75) is 38.7 Å². The van der Waals surface area contributed by atoms with Crippen LogP contribution in [0.2, 0.25) is 0 Å². The van der Waals surface area contributed by atoms with E-state index in [1.807, 2.05) is 0 Å². The maximum atomic E-state index is 12.8. The molecule has 1 N–H and O–H groups in total. The summed E-state index contributed by atoms with van der Waals surface area (Å²) < 4.78 is 17.8. The lowest BCUT2D eigenvalue weighted by molar-refractivity contribution is -0.137. The summed E-state index contributed by atoms with van der Waals surface area (Å²) in [5.74, 6) is -0.926. The molecule has 20 heavy (non-hydrogen) atoms. The van der Waals surface area contributed by atoms with Crippen LogP contribution in [0, 0.1) is 5.82 Å². The third-order valence-electron chi connectivity index (χ3n) is 2.57. The standard InChI is InChI=1S/C15H20FNO3/c1-15(2,19)7-3-4-8-20-14(18)6-5-12-9-13(16)11-17-10-12/h5-6,9-11,19H,3-4,7-8H2,1-2H3. The van der Waals surface area contributed by atoms with E-state index in [4.69, 9.17) is 4.74 Å². The van der Waals surface area contributed by atoms with Crippen molar-refractivity contribution < 1.29 is 19.0 Å². The minimum atomic E-state index is -0.686. The Bertz CT molecular complexity index is 466. The molecule has 1 aromatic rings. The van der Waals surface area contributed by atoms with Crippen molar-refractivity contribution in [3.8, 4) is 0 Å². The van der Waals surface area contributed by atoms with Crippen LogP contribution in [0.3, 0.4) is 0 Å². The van der Waals surface area contributed by atoms with Crippen LogP contribution in [-0.2, 0) is 9.53 Å². The maximum absolute atomic E-state index is 12.8. The molecule has 0 radical (unpaired) electrons. The van der Waals surface area contributed by atoms with Crippen LogP contribution in [0.1, 0.15) is 38.7 Å². The third-order valence-corrected chi connectivity index (χ3v) is 2.57. The summed E-state index contributed by atoms with van der Waals surface area (Å²) in [6.07, 6.45) is 7.39. The maximum Gasteiger partial charge on any atom is 0.330 e. The lowest BCUT2D eigenvalue weighted by Crippen LogP contribution is -2.18. The van der Waals surface area contributed by atoms with E-state index < -0.39 is 17.4 Å². The molecule has 0 aromatic carbocycles. The normalized spacial score (nSPS) is 11.8. The van der Waals surface area contributed by atoms with Crippen LogP contribution in [-0.4, -0.2) is 28.3 Å². The first-order valence-corrected chi connectivity index (χ1v) is 6.54. The molecule has 0 bridgehead atoms. The van der Waals surface area contributed by atoms with Crippen LogP contribution < -0.4 is 0 Å². The van der Waals surface area contributed by atoms with Gasteiger partial charge in [-0.25, -0.2) is 9.18 Å². The number of aliphatic hydroxyl groups is 1. The average molecular weight is 281 g/mol. The molecule has 0 atom stereocenters. The first kappa shape index (κ1) is 16.3. The van der Waals surface area contributed by atoms with Crippen molar-refractivity contribution in [3.05, 3.63) is 35.9 Å². The lowest BCUT2D eigenvalue weighted by Gasteiger charge is -2.16. The number of esters is 1. The Balaban J connectivity index is 2.24. The fraction of sp³-hybridized carbons (Fsp3) is 0.467. The molecule has 0 fully saturated rings. The number of rotatable bonds is 7. The van der Waals surface area contributed by atoms with Crippen LogP contribution in [0.5, 0.6) is 0 Å². The second-order valence-corrected chi connectivity index (χ2v) is 5.21. The number of aromatic nitrogens is 1. The van der Waals surface area contributed by atoms with Crippen LogP contribution in [0.4, 0.5) is 4.39 Å². The van der Waals surface area contributed by atoms with Gasteiger partial charge in [0.05, 0.1) is 18.4 Å². The number of halogens is 1. The lowest BCUT2D eigenvalue weighted by atomic mass is 10.0. The minimum absolute atomic E-state index is 0.306. The molecule has 0 amide bonds. The van der Waals surface area contributed by atoms with Crippen molar-refractivity contribution in [2.24, 2.45) is 0 Å². The number of carbonyl (C=O) groups excluding carboxylic acids is 1. The second kappa shape index (κ2) is 7.75. The Hall–Kier alpha value is -1.75. The number of hydrogen-bond acceptors (Lipinski definition) is 4. The zero-order chi connectivity index (χ0) is 15.0. The molecule has 1 rings (SSSR count). The molecule has 110 valence electrons. The number of carbonyl (C=O) groups is 1. The quantitative estimate of drug-likeness (QED) is 0.474. The summed E-state index contributed by atoms with van der Waals surface area (Å²) in [4.78, 5) is 15.1. The van der Waals surface area contributed by atoms with Gasteiger partial charge < -0.3 is 9.84 Å². The van der Waals surface area contributed by atoms with Gasteiger partial charge >= 0.3 is 5.97 Å². The Labute approximate surface area is 118 Å². The van der Waals surface area contributed by atoms with Crippen molar-refractivity contribution in [3.63, 3.8) is 0 Å². The van der Waals surface area contributed by atoms with Gasteiger partial charge in [0, 0.05) is 12.3 Å². The summed E-state index contributed by atoms with van der Waals surface area (Å²) in [5.41, 5.74) is -0.183. The van der Waals surface area contributed by atoms with Crippen molar-refractivity contribution in [2.75, 3.05) is 6.61 Å². The van der Waals surface area contributed by atoms with E-state index >= 15 is 0 Å². The van der Waals surface area contributed by atoms with E-state index in [2.05, 4.69) is 4.98 Å². The van der Waals surface area contributed by atoms with Crippen molar-refractivity contribution in [1.29, 1.82) is 0 Å². The summed E-state index contributed by atoms with van der Waals surface area (Å²) in [6.45, 7) is 3.80. The zero-order valence-corrected chi connectivity index (χ0v) is 11.8. The molecule has 0 aliphatic carbocycles. The van der Waals surface area contributed by atoms with Gasteiger partial charge in [-0.15, -0.1) is 0 Å². The molecule has 0 spiro atoms. The monoisotopic (exact) mass is 281 g/mol. The van der Waals surface area contributed by atoms with Crippen molar-refractivity contribution in [1.82, 2.24) is 4.98 Å². The van der Waals surface area contributed by atoms with Gasteiger partial charge in [0.25, 0.3) is 0 Å². The Kier molecular flexibility index (Phi) is 6.31. The number of nitrogens with zero attached hydrogens (tertiary/aromatic N) is 1. The average Bonchev–Trinajstić information content (AvgIpc) is 2.35. The minimum Gasteiger partial charge on any atom is -0.463 e. The number of ether oxygens (including phenoxy) is 1. The van der Waals surface area contributed by atoms with E-state index in [0.29, 0.717) is 25.0 Å². The molecule has 0 saturated heterocycles. The largest absolute Gasteiger partial charge is 0.463 e. The molecular weight excluding hydrogens is 261 g/mol. The fourth-order valence-corrected chi connectivity index (χ4v) is 1.56. The molecular formula is C15H20FNO3. The van der Waals surface area contributed by atoms with E-state index in [-0.39, 0.29) is 0 Å². The SMILES string of the molecule is CC(C)(O)CCCCOC(=O)C=Cc1cncc(F)c1. The van der Waals surface area contributed by atoms with Crippen LogP contribution >= 0.6 is 0 Å². The van der Waals surface area contributed by atoms with Crippen LogP contribution in [0.25, 0.3) is 6.08 Å². The van der Waals surface area contributed by atoms with Gasteiger partial charge in [-0.2, -0.15) is 0 Å². The highest BCUT2D eigenvalue weighted by atomic mass is 19.1. The molecule has 0 saturated carbocycles. The molecule has 4 nitrogen and oxygen atoms in total. The topological polar surface area (TPSA) is 59.4 Å². The first-order valence-electron chi connectivity index (χ1n) is 6.54. The zero-order valence-electron chi connectivity index (χ0n) is 11.8. The summed E-state index contributed by atoms with van der Waals surface area (Å²) in [5, 5.41) is 9.50. The summed E-state index contributed by atoms with van der Waals surface area (Å²) in [6, 6.07) is 1.28. The predicted molar refractivity (Wildman–Crippen MR) is 74.3 cm³/mol. The molecule has 1 heterocycles. The smallest absolute Gasteiger partial charge is 0.330 e. The number of unbranched alkanes of at least 4 members (excludes halogenated alkanes) is 1. The second-order valence-electron chi connectivity index (χ2n) is 5.21. The van der Waals surface area contributed by atoms with Gasteiger partial charge in [0.15, 0.2) is 0 Å².